The molecule has 1 aliphatic rings. The summed E-state index contributed by atoms with van der Waals surface area (Å²) < 4.78 is 88.2. The van der Waals surface area contributed by atoms with Crippen LogP contribution in [0.15, 0.2) is 36.4 Å². The molecule has 2 aromatic rings. The van der Waals surface area contributed by atoms with E-state index in [-0.39, 0.29) is 23.1 Å². The summed E-state index contributed by atoms with van der Waals surface area (Å²) in [6.07, 6.45) is -7.74. The first-order chi connectivity index (χ1) is 13.0. The number of benzene rings is 2. The molecule has 0 aliphatic heterocycles. The maximum absolute atomic E-state index is 12.9. The van der Waals surface area contributed by atoms with Gasteiger partial charge in [0.05, 0.1) is 17.7 Å². The van der Waals surface area contributed by atoms with Gasteiger partial charge in [-0.1, -0.05) is 0 Å². The van der Waals surface area contributed by atoms with Gasteiger partial charge in [-0.05, 0) is 42.5 Å². The van der Waals surface area contributed by atoms with E-state index in [0.717, 1.165) is 12.8 Å². The van der Waals surface area contributed by atoms with Gasteiger partial charge in [0.15, 0.2) is 0 Å². The van der Waals surface area contributed by atoms with Crippen molar-refractivity contribution in [3.8, 4) is 17.2 Å². The molecule has 0 atom stereocenters. The Kier molecular flexibility index (Phi) is 5.36. The van der Waals surface area contributed by atoms with Crippen molar-refractivity contribution in [2.45, 2.75) is 31.8 Å². The molecule has 0 amide bonds. The van der Waals surface area contributed by atoms with Crippen LogP contribution < -0.4 is 9.47 Å². The summed E-state index contributed by atoms with van der Waals surface area (Å²) in [7, 11) is 0. The fourth-order valence-corrected chi connectivity index (χ4v) is 2.49. The first-order valence-electron chi connectivity index (χ1n) is 8.39. The summed E-state index contributed by atoms with van der Waals surface area (Å²) in [5.41, 5.74) is -3.12. The Morgan fingerprint density at radius 1 is 0.786 bits per heavy atom. The molecule has 0 aromatic heterocycles. The quantitative estimate of drug-likeness (QED) is 0.617. The lowest BCUT2D eigenvalue weighted by atomic mass is 10.1. The second kappa shape index (κ2) is 7.44. The molecule has 152 valence electrons. The van der Waals surface area contributed by atoms with E-state index in [0.29, 0.717) is 30.4 Å². The Balaban J connectivity index is 1.77. The molecule has 0 bridgehead atoms. The highest BCUT2D eigenvalue weighted by Gasteiger charge is 2.36. The molecular formula is C19H16F6O3. The molecule has 0 spiro atoms. The van der Waals surface area contributed by atoms with E-state index in [1.54, 1.807) is 0 Å². The van der Waals surface area contributed by atoms with Gasteiger partial charge in [0.2, 0.25) is 0 Å². The van der Waals surface area contributed by atoms with Crippen LogP contribution in [0.2, 0.25) is 0 Å². The number of hydrogen-bond acceptors (Lipinski definition) is 3. The molecular weight excluding hydrogens is 390 g/mol. The molecule has 0 radical (unpaired) electrons. The first-order valence-corrected chi connectivity index (χ1v) is 8.39. The van der Waals surface area contributed by atoms with E-state index in [4.69, 9.17) is 9.47 Å². The summed E-state index contributed by atoms with van der Waals surface area (Å²) in [6.45, 7) is -0.0794. The van der Waals surface area contributed by atoms with E-state index < -0.39 is 30.1 Å². The van der Waals surface area contributed by atoms with Crippen LogP contribution >= 0.6 is 0 Å². The molecule has 0 heterocycles. The largest absolute Gasteiger partial charge is 0.508 e. The van der Waals surface area contributed by atoms with Crippen LogP contribution in [0.5, 0.6) is 17.2 Å². The monoisotopic (exact) mass is 406 g/mol. The third-order valence-corrected chi connectivity index (χ3v) is 4.10. The van der Waals surface area contributed by atoms with E-state index in [1.165, 1.54) is 18.2 Å². The van der Waals surface area contributed by atoms with Gasteiger partial charge in [0.25, 0.3) is 0 Å². The van der Waals surface area contributed by atoms with Gasteiger partial charge < -0.3 is 14.6 Å². The average molecular weight is 406 g/mol. The van der Waals surface area contributed by atoms with Crippen molar-refractivity contribution in [2.24, 2.45) is 5.92 Å². The van der Waals surface area contributed by atoms with E-state index >= 15 is 0 Å². The Hall–Kier alpha value is -2.58. The number of ether oxygens (including phenoxy) is 2. The average Bonchev–Trinajstić information content (AvgIpc) is 3.40. The summed E-state index contributed by atoms with van der Waals surface area (Å²) in [4.78, 5) is 0. The van der Waals surface area contributed by atoms with Crippen molar-refractivity contribution in [3.05, 3.63) is 53.1 Å². The van der Waals surface area contributed by atoms with E-state index in [2.05, 4.69) is 0 Å². The minimum Gasteiger partial charge on any atom is -0.508 e. The van der Waals surface area contributed by atoms with Crippen LogP contribution in [0, 0.1) is 5.92 Å². The first kappa shape index (κ1) is 20.2. The van der Waals surface area contributed by atoms with Crippen molar-refractivity contribution < 1.29 is 40.9 Å². The van der Waals surface area contributed by atoms with Crippen molar-refractivity contribution in [3.63, 3.8) is 0 Å². The van der Waals surface area contributed by atoms with Gasteiger partial charge in [-0.15, -0.1) is 0 Å². The van der Waals surface area contributed by atoms with Crippen LogP contribution in [0.4, 0.5) is 26.3 Å². The maximum Gasteiger partial charge on any atom is 0.416 e. The summed E-state index contributed by atoms with van der Waals surface area (Å²) in [6, 6.07) is 5.22. The molecule has 28 heavy (non-hydrogen) atoms. The van der Waals surface area contributed by atoms with Crippen LogP contribution in [-0.2, 0) is 19.0 Å². The molecule has 1 N–H and O–H groups in total. The van der Waals surface area contributed by atoms with Crippen molar-refractivity contribution in [1.82, 2.24) is 0 Å². The van der Waals surface area contributed by atoms with E-state index in [1.807, 2.05) is 0 Å². The lowest BCUT2D eigenvalue weighted by Crippen LogP contribution is -2.12. The maximum atomic E-state index is 12.9. The third kappa shape index (κ3) is 5.46. The fraction of sp³-hybridized carbons (Fsp3) is 0.368. The minimum atomic E-state index is -4.93. The Labute approximate surface area is 156 Å². The van der Waals surface area contributed by atoms with Crippen LogP contribution in [0.3, 0.4) is 0 Å². The van der Waals surface area contributed by atoms with Crippen molar-refractivity contribution in [1.29, 1.82) is 0 Å². The van der Waals surface area contributed by atoms with Crippen LogP contribution in [0.1, 0.15) is 29.5 Å². The second-order valence-corrected chi connectivity index (χ2v) is 6.62. The predicted octanol–water partition coefficient (Wildman–Crippen LogP) is 5.80. The van der Waals surface area contributed by atoms with Crippen LogP contribution in [0.25, 0.3) is 0 Å². The zero-order valence-electron chi connectivity index (χ0n) is 14.4. The fourth-order valence-electron chi connectivity index (χ4n) is 2.49. The molecule has 2 aromatic carbocycles. The molecule has 3 rings (SSSR count). The highest BCUT2D eigenvalue weighted by atomic mass is 19.4. The standard InChI is InChI=1S/C19H16F6O3/c20-18(21,22)13-3-12(4-14(5-13)19(23,24)25)10-28-17-7-15(26)6-16(8-17)27-9-11-1-2-11/h3-8,11,26H,1-2,9-10H2. The van der Waals surface area contributed by atoms with Gasteiger partial charge >= 0.3 is 12.4 Å². The molecule has 0 unspecified atom stereocenters. The smallest absolute Gasteiger partial charge is 0.416 e. The number of hydrogen-bond donors (Lipinski definition) is 1. The highest BCUT2D eigenvalue weighted by Crippen LogP contribution is 2.37. The zero-order valence-corrected chi connectivity index (χ0v) is 14.4. The van der Waals surface area contributed by atoms with Gasteiger partial charge in [0.1, 0.15) is 23.9 Å². The molecule has 1 fully saturated rings. The van der Waals surface area contributed by atoms with E-state index in [9.17, 15) is 31.4 Å². The number of halogens is 6. The Morgan fingerprint density at radius 3 is 1.82 bits per heavy atom. The minimum absolute atomic E-state index is 0.0572. The predicted molar refractivity (Wildman–Crippen MR) is 87.1 cm³/mol. The number of phenols is 1. The van der Waals surface area contributed by atoms with Crippen molar-refractivity contribution in [2.75, 3.05) is 6.61 Å². The van der Waals surface area contributed by atoms with Gasteiger partial charge in [-0.3, -0.25) is 0 Å². The van der Waals surface area contributed by atoms with Gasteiger partial charge in [0, 0.05) is 18.2 Å². The van der Waals surface area contributed by atoms with Crippen molar-refractivity contribution >= 4 is 0 Å². The highest BCUT2D eigenvalue weighted by molar-refractivity contribution is 5.41. The molecule has 0 saturated heterocycles. The SMILES string of the molecule is Oc1cc(OCc2cc(C(F)(F)F)cc(C(F)(F)F)c2)cc(OCC2CC2)c1. The summed E-state index contributed by atoms with van der Waals surface area (Å²) in [5, 5.41) is 9.72. The number of alkyl halides is 6. The van der Waals surface area contributed by atoms with Crippen LogP contribution in [-0.4, -0.2) is 11.7 Å². The zero-order chi connectivity index (χ0) is 20.5. The van der Waals surface area contributed by atoms with Gasteiger partial charge in [-0.2, -0.15) is 26.3 Å². The Bertz CT molecular complexity index is 808. The molecule has 1 aliphatic carbocycles. The number of aromatic hydroxyl groups is 1. The summed E-state index contributed by atoms with van der Waals surface area (Å²) >= 11 is 0. The topological polar surface area (TPSA) is 38.7 Å². The Morgan fingerprint density at radius 2 is 1.32 bits per heavy atom. The lowest BCUT2D eigenvalue weighted by Gasteiger charge is -2.15. The molecule has 3 nitrogen and oxygen atoms in total. The second-order valence-electron chi connectivity index (χ2n) is 6.62. The molecule has 9 heteroatoms. The normalized spacial score (nSPS) is 14.8. The lowest BCUT2D eigenvalue weighted by molar-refractivity contribution is -0.143. The number of rotatable bonds is 6. The molecule has 1 saturated carbocycles. The third-order valence-electron chi connectivity index (χ3n) is 4.10. The number of phenolic OH excluding ortho intramolecular Hbond substituents is 1. The van der Waals surface area contributed by atoms with Gasteiger partial charge in [-0.25, -0.2) is 0 Å². The summed E-state index contributed by atoms with van der Waals surface area (Å²) in [5.74, 6) is 0.639.